The first kappa shape index (κ1) is 26.4. The number of hydrogen-bond acceptors (Lipinski definition) is 1. The van der Waals surface area contributed by atoms with Crippen molar-refractivity contribution in [3.8, 4) is 11.1 Å². The molecule has 167 valence electrons. The third-order valence-electron chi connectivity index (χ3n) is 6.82. The second kappa shape index (κ2) is 9.09. The van der Waals surface area contributed by atoms with Crippen LogP contribution in [0.4, 0.5) is 0 Å². The molecule has 0 fully saturated rings. The maximum atomic E-state index is 6.39. The molecule has 5 rings (SSSR count). The van der Waals surface area contributed by atoms with Gasteiger partial charge >= 0.3 is 200 Å². The van der Waals surface area contributed by atoms with Crippen LogP contribution < -0.4 is 35.2 Å². The fraction of sp³-hybridized carbons (Fsp3) is 0.385. The van der Waals surface area contributed by atoms with E-state index in [9.17, 15) is 0 Å². The van der Waals surface area contributed by atoms with Gasteiger partial charge < -0.3 is 24.8 Å². The second-order valence-corrected chi connectivity index (χ2v) is 20.8. The summed E-state index contributed by atoms with van der Waals surface area (Å²) in [6.45, 7) is 14.2. The van der Waals surface area contributed by atoms with Gasteiger partial charge in [-0.15, -0.1) is 0 Å². The summed E-state index contributed by atoms with van der Waals surface area (Å²) >= 11 is 1.63. The minimum atomic E-state index is -1.52. The van der Waals surface area contributed by atoms with Crippen LogP contribution in [0.1, 0.15) is 40.1 Å². The third-order valence-corrected chi connectivity index (χ3v) is 12.7. The fourth-order valence-electron chi connectivity index (χ4n) is 5.73. The van der Waals surface area contributed by atoms with Crippen LogP contribution >= 0.6 is 0 Å². The van der Waals surface area contributed by atoms with Gasteiger partial charge in [0.2, 0.25) is 0 Å². The standard InChI is InChI=1S/C26H31OSi2.2ClH.Zr/c1-17(27-28(2,3)4)14-18-11-9-13-21(18)24-16-22-20-12-8-7-10-19(20)15-23(22)25-26(24)29(25,5)6;;;/h7-12,15-17H,13-14H2,1-6H3;2*1H;/q;;;+2/p-2. The van der Waals surface area contributed by atoms with Gasteiger partial charge in [0.1, 0.15) is 0 Å². The molecule has 0 aromatic heterocycles. The van der Waals surface area contributed by atoms with E-state index in [4.69, 9.17) is 4.43 Å². The molecule has 32 heavy (non-hydrogen) atoms. The summed E-state index contributed by atoms with van der Waals surface area (Å²) in [6.07, 6.45) is 7.13. The van der Waals surface area contributed by atoms with E-state index < -0.39 is 16.4 Å². The average molecular weight is 578 g/mol. The van der Waals surface area contributed by atoms with Gasteiger partial charge in [-0.1, -0.05) is 0 Å². The molecule has 6 heteroatoms. The van der Waals surface area contributed by atoms with Crippen molar-refractivity contribution in [2.45, 2.75) is 62.2 Å². The van der Waals surface area contributed by atoms with Crippen molar-refractivity contribution >= 4 is 32.3 Å². The first-order valence-corrected chi connectivity index (χ1v) is 19.0. The predicted molar refractivity (Wildman–Crippen MR) is 130 cm³/mol. The van der Waals surface area contributed by atoms with Crippen molar-refractivity contribution in [1.29, 1.82) is 0 Å². The molecule has 1 heterocycles. The van der Waals surface area contributed by atoms with Crippen LogP contribution in [0.3, 0.4) is 0 Å². The summed E-state index contributed by atoms with van der Waals surface area (Å²) in [5.41, 5.74) is 10.9. The monoisotopic (exact) mass is 575 g/mol. The smallest absolute Gasteiger partial charge is 1.00 e. The van der Waals surface area contributed by atoms with Crippen LogP contribution in [0, 0.1) is 0 Å². The summed E-state index contributed by atoms with van der Waals surface area (Å²) in [5, 5.41) is 3.52. The summed E-state index contributed by atoms with van der Waals surface area (Å²) in [5.74, 6) is 0. The van der Waals surface area contributed by atoms with Crippen LogP contribution in [0.15, 0.2) is 48.1 Å². The minimum absolute atomic E-state index is 0. The molecular formula is C26H31Cl2OSi2Zr. The molecule has 0 radical (unpaired) electrons. The van der Waals surface area contributed by atoms with Crippen LogP contribution in [0.25, 0.3) is 16.7 Å². The maximum absolute atomic E-state index is 6.39. The summed E-state index contributed by atoms with van der Waals surface area (Å²) in [6, 6.07) is 11.7. The van der Waals surface area contributed by atoms with Crippen LogP contribution in [0.5, 0.6) is 0 Å². The first-order chi connectivity index (χ1) is 14.1. The van der Waals surface area contributed by atoms with E-state index in [2.05, 4.69) is 82.1 Å². The Bertz CT molecular complexity index is 1130. The van der Waals surface area contributed by atoms with Crippen LogP contribution in [0.2, 0.25) is 32.7 Å². The Morgan fingerprint density at radius 1 is 1.06 bits per heavy atom. The van der Waals surface area contributed by atoms with Gasteiger partial charge in [-0.3, -0.25) is 0 Å². The minimum Gasteiger partial charge on any atom is -1.00 e. The van der Waals surface area contributed by atoms with Gasteiger partial charge in [-0.25, -0.2) is 0 Å². The SMILES string of the molecule is CC(CC1=C(c2cc3c(c4c2[Si]4(C)C)[CH]([Zr+2])c2ccccc2-3)CC=C1)O[Si](C)(C)C.[Cl-].[Cl-]. The van der Waals surface area contributed by atoms with Gasteiger partial charge in [0.05, 0.1) is 0 Å². The Morgan fingerprint density at radius 3 is 2.44 bits per heavy atom. The van der Waals surface area contributed by atoms with E-state index in [1.165, 1.54) is 16.7 Å². The van der Waals surface area contributed by atoms with Gasteiger partial charge in [-0.2, -0.15) is 0 Å². The van der Waals surface area contributed by atoms with Crippen LogP contribution in [-0.4, -0.2) is 22.5 Å². The average Bonchev–Trinajstić information content (AvgIpc) is 2.96. The predicted octanol–water partition coefficient (Wildman–Crippen LogP) is -0.209. The number of halogens is 2. The summed E-state index contributed by atoms with van der Waals surface area (Å²) in [4.78, 5) is 0. The molecule has 3 aliphatic rings. The third kappa shape index (κ3) is 4.29. The molecule has 0 saturated heterocycles. The number of rotatable bonds is 5. The van der Waals surface area contributed by atoms with Crippen molar-refractivity contribution in [2.75, 3.05) is 0 Å². The quantitative estimate of drug-likeness (QED) is 0.448. The van der Waals surface area contributed by atoms with Crippen molar-refractivity contribution < 1.29 is 54.0 Å². The van der Waals surface area contributed by atoms with E-state index >= 15 is 0 Å². The second-order valence-electron chi connectivity index (χ2n) is 10.6. The molecule has 0 spiro atoms. The normalized spacial score (nSPS) is 20.2. The number of fused-ring (bicyclic) bond motifs is 5. The van der Waals surface area contributed by atoms with E-state index in [1.807, 2.05) is 0 Å². The Balaban J connectivity index is 0.00000144. The topological polar surface area (TPSA) is 9.23 Å². The molecule has 0 bridgehead atoms. The molecular weight excluding hydrogens is 547 g/mol. The van der Waals surface area contributed by atoms with E-state index in [0.29, 0.717) is 3.63 Å². The fourth-order valence-corrected chi connectivity index (χ4v) is 12.5. The zero-order chi connectivity index (χ0) is 21.4. The van der Waals surface area contributed by atoms with Crippen LogP contribution in [-0.2, 0) is 29.1 Å². The van der Waals surface area contributed by atoms with Crippen molar-refractivity contribution in [2.24, 2.45) is 0 Å². The molecule has 2 unspecified atom stereocenters. The van der Waals surface area contributed by atoms with Gasteiger partial charge in [0.15, 0.2) is 0 Å². The Kier molecular flexibility index (Phi) is 7.50. The summed E-state index contributed by atoms with van der Waals surface area (Å²) < 4.78 is 7.01. The molecule has 2 aliphatic carbocycles. The molecule has 0 saturated carbocycles. The summed E-state index contributed by atoms with van der Waals surface area (Å²) in [7, 11) is -2.94. The van der Waals surface area contributed by atoms with Crippen molar-refractivity contribution in [3.05, 3.63) is 64.7 Å². The van der Waals surface area contributed by atoms with Gasteiger partial charge in [0, 0.05) is 0 Å². The van der Waals surface area contributed by atoms with E-state index in [0.717, 1.165) is 12.8 Å². The molecule has 1 aliphatic heterocycles. The number of hydrogen-bond donors (Lipinski definition) is 0. The number of allylic oxidation sites excluding steroid dienone is 3. The van der Waals surface area contributed by atoms with Gasteiger partial charge in [0.25, 0.3) is 0 Å². The zero-order valence-electron chi connectivity index (χ0n) is 19.8. The molecule has 2 atom stereocenters. The molecule has 2 aromatic carbocycles. The van der Waals surface area contributed by atoms with Gasteiger partial charge in [-0.05, 0) is 0 Å². The molecule has 1 nitrogen and oxygen atoms in total. The molecule has 0 amide bonds. The number of benzene rings is 2. The zero-order valence-corrected chi connectivity index (χ0v) is 25.7. The van der Waals surface area contributed by atoms with Crippen molar-refractivity contribution in [3.63, 3.8) is 0 Å². The molecule has 2 aromatic rings. The van der Waals surface area contributed by atoms with E-state index in [-0.39, 0.29) is 30.9 Å². The Morgan fingerprint density at radius 2 is 1.75 bits per heavy atom. The Labute approximate surface area is 222 Å². The van der Waals surface area contributed by atoms with Crippen molar-refractivity contribution in [1.82, 2.24) is 0 Å². The first-order valence-electron chi connectivity index (χ1n) is 11.2. The van der Waals surface area contributed by atoms with E-state index in [1.54, 1.807) is 57.4 Å². The molecule has 0 N–H and O–H groups in total. The Hall–Kier alpha value is -0.223.